The van der Waals surface area contributed by atoms with Gasteiger partial charge >= 0.3 is 5.97 Å². The zero-order valence-corrected chi connectivity index (χ0v) is 14.0. The Morgan fingerprint density at radius 3 is 2.50 bits per heavy atom. The van der Waals surface area contributed by atoms with Crippen LogP contribution in [-0.2, 0) is 17.8 Å². The van der Waals surface area contributed by atoms with Crippen LogP contribution in [-0.4, -0.2) is 25.8 Å². The number of carboxylic acids is 1. The molecule has 0 aliphatic rings. The number of aliphatic carboxylic acids is 1. The van der Waals surface area contributed by atoms with Gasteiger partial charge in [-0.15, -0.1) is 0 Å². The first kappa shape index (κ1) is 16.1. The highest BCUT2D eigenvalue weighted by molar-refractivity contribution is 5.86. The van der Waals surface area contributed by atoms with Gasteiger partial charge in [-0.3, -0.25) is 9.59 Å². The molecule has 26 heavy (non-hydrogen) atoms. The first-order valence-corrected chi connectivity index (χ1v) is 8.39. The molecule has 2 heterocycles. The Balaban J connectivity index is 1.84. The summed E-state index contributed by atoms with van der Waals surface area (Å²) in [5, 5.41) is 15.9. The average molecular weight is 347 g/mol. The molecule has 0 bridgehead atoms. The minimum absolute atomic E-state index is 0.0554. The predicted octanol–water partition coefficient (Wildman–Crippen LogP) is 2.94. The maximum Gasteiger partial charge on any atom is 0.305 e. The highest BCUT2D eigenvalue weighted by Crippen LogP contribution is 2.23. The quantitative estimate of drug-likeness (QED) is 0.581. The highest BCUT2D eigenvalue weighted by Gasteiger charge is 2.13. The highest BCUT2D eigenvalue weighted by atomic mass is 16.4. The molecule has 130 valence electrons. The Hall–Kier alpha value is -3.41. The van der Waals surface area contributed by atoms with Crippen LogP contribution in [0.1, 0.15) is 17.7 Å². The van der Waals surface area contributed by atoms with Crippen LogP contribution in [0.15, 0.2) is 59.5 Å². The topological polar surface area (TPSA) is 88.0 Å². The minimum atomic E-state index is -0.954. The van der Waals surface area contributed by atoms with Crippen LogP contribution in [0.25, 0.3) is 21.7 Å². The van der Waals surface area contributed by atoms with Crippen molar-refractivity contribution in [3.05, 3.63) is 76.3 Å². The maximum absolute atomic E-state index is 12.6. The average Bonchev–Trinajstić information content (AvgIpc) is 3.06. The van der Waals surface area contributed by atoms with E-state index in [4.69, 9.17) is 5.11 Å². The summed E-state index contributed by atoms with van der Waals surface area (Å²) in [7, 11) is 0. The van der Waals surface area contributed by atoms with E-state index in [0.717, 1.165) is 27.5 Å². The molecule has 4 rings (SSSR count). The van der Waals surface area contributed by atoms with Gasteiger partial charge in [0.05, 0.1) is 24.0 Å². The normalized spacial score (nSPS) is 11.2. The van der Waals surface area contributed by atoms with E-state index in [0.29, 0.717) is 11.8 Å². The summed E-state index contributed by atoms with van der Waals surface area (Å²) in [5.74, 6) is -0.954. The molecule has 0 unspecified atom stereocenters. The standard InChI is InChI=1S/C20H17N3O3/c24-19(25)9-10-23-20(26)16-7-2-1-6-15(16)18(22-23)11-13-12-21-17-8-4-3-5-14(13)17/h1-8,12,21H,9-11H2,(H,24,25). The Morgan fingerprint density at radius 2 is 1.73 bits per heavy atom. The smallest absolute Gasteiger partial charge is 0.305 e. The zero-order valence-electron chi connectivity index (χ0n) is 14.0. The van der Waals surface area contributed by atoms with Crippen molar-refractivity contribution in [2.24, 2.45) is 0 Å². The van der Waals surface area contributed by atoms with Crippen molar-refractivity contribution >= 4 is 27.6 Å². The lowest BCUT2D eigenvalue weighted by molar-refractivity contribution is -0.137. The number of carboxylic acid groups (broad SMARTS) is 1. The van der Waals surface area contributed by atoms with Crippen molar-refractivity contribution in [1.82, 2.24) is 14.8 Å². The molecule has 0 aliphatic heterocycles. The molecule has 0 spiro atoms. The van der Waals surface area contributed by atoms with Crippen LogP contribution >= 0.6 is 0 Å². The van der Waals surface area contributed by atoms with Crippen LogP contribution in [0.3, 0.4) is 0 Å². The van der Waals surface area contributed by atoms with Crippen LogP contribution in [0.2, 0.25) is 0 Å². The summed E-state index contributed by atoms with van der Waals surface area (Å²) < 4.78 is 1.26. The second-order valence-corrected chi connectivity index (χ2v) is 6.20. The second kappa shape index (κ2) is 6.48. The molecule has 2 aromatic heterocycles. The number of nitrogens with one attached hydrogen (secondary N) is 1. The molecule has 0 radical (unpaired) electrons. The minimum Gasteiger partial charge on any atom is -0.481 e. The van der Waals surface area contributed by atoms with Crippen LogP contribution in [0, 0.1) is 0 Å². The van der Waals surface area contributed by atoms with Gasteiger partial charge in [0, 0.05) is 28.9 Å². The van der Waals surface area contributed by atoms with Crippen molar-refractivity contribution in [2.45, 2.75) is 19.4 Å². The zero-order chi connectivity index (χ0) is 18.1. The fraction of sp³-hybridized carbons (Fsp3) is 0.150. The summed E-state index contributed by atoms with van der Waals surface area (Å²) >= 11 is 0. The third-order valence-corrected chi connectivity index (χ3v) is 4.51. The molecule has 0 amide bonds. The number of hydrogen-bond acceptors (Lipinski definition) is 3. The molecular formula is C20H17N3O3. The number of para-hydroxylation sites is 1. The maximum atomic E-state index is 12.6. The number of hydrogen-bond donors (Lipinski definition) is 2. The molecule has 2 aromatic carbocycles. The fourth-order valence-electron chi connectivity index (χ4n) is 3.25. The van der Waals surface area contributed by atoms with Crippen molar-refractivity contribution in [2.75, 3.05) is 0 Å². The van der Waals surface area contributed by atoms with Gasteiger partial charge in [-0.2, -0.15) is 5.10 Å². The number of fused-ring (bicyclic) bond motifs is 2. The number of aromatic amines is 1. The van der Waals surface area contributed by atoms with Gasteiger partial charge in [-0.05, 0) is 17.7 Å². The monoisotopic (exact) mass is 347 g/mol. The van der Waals surface area contributed by atoms with Gasteiger partial charge in [-0.25, -0.2) is 4.68 Å². The van der Waals surface area contributed by atoms with Crippen molar-refractivity contribution in [3.8, 4) is 0 Å². The first-order valence-electron chi connectivity index (χ1n) is 8.39. The van der Waals surface area contributed by atoms with E-state index >= 15 is 0 Å². The number of aromatic nitrogens is 3. The first-order chi connectivity index (χ1) is 12.6. The lowest BCUT2D eigenvalue weighted by Gasteiger charge is -2.10. The van der Waals surface area contributed by atoms with Crippen molar-refractivity contribution < 1.29 is 9.90 Å². The molecule has 0 atom stereocenters. The number of benzene rings is 2. The summed E-state index contributed by atoms with van der Waals surface area (Å²) in [6.45, 7) is 0.0554. The van der Waals surface area contributed by atoms with Gasteiger partial charge < -0.3 is 10.1 Å². The summed E-state index contributed by atoms with van der Waals surface area (Å²) in [4.78, 5) is 26.7. The van der Waals surface area contributed by atoms with E-state index in [2.05, 4.69) is 10.1 Å². The lowest BCUT2D eigenvalue weighted by Crippen LogP contribution is -2.26. The number of carbonyl (C=O) groups is 1. The number of aryl methyl sites for hydroxylation is 1. The molecular weight excluding hydrogens is 330 g/mol. The molecule has 6 nitrogen and oxygen atoms in total. The second-order valence-electron chi connectivity index (χ2n) is 6.20. The largest absolute Gasteiger partial charge is 0.481 e. The molecule has 2 N–H and O–H groups in total. The number of H-pyrrole nitrogens is 1. The van der Waals surface area contributed by atoms with Gasteiger partial charge in [0.25, 0.3) is 5.56 Å². The van der Waals surface area contributed by atoms with E-state index in [1.165, 1.54) is 4.68 Å². The molecule has 4 aromatic rings. The van der Waals surface area contributed by atoms with Gasteiger partial charge in [0.1, 0.15) is 0 Å². The predicted molar refractivity (Wildman–Crippen MR) is 99.4 cm³/mol. The molecule has 0 saturated heterocycles. The van der Waals surface area contributed by atoms with Crippen LogP contribution in [0.5, 0.6) is 0 Å². The molecule has 0 fully saturated rings. The van der Waals surface area contributed by atoms with Gasteiger partial charge in [0.15, 0.2) is 0 Å². The SMILES string of the molecule is O=C(O)CCn1nc(Cc2c[nH]c3ccccc23)c2ccccc2c1=O. The fourth-order valence-corrected chi connectivity index (χ4v) is 3.25. The third kappa shape index (κ3) is 2.86. The Morgan fingerprint density at radius 1 is 1.04 bits per heavy atom. The van der Waals surface area contributed by atoms with Gasteiger partial charge in [-0.1, -0.05) is 36.4 Å². The van der Waals surface area contributed by atoms with E-state index in [1.54, 1.807) is 12.1 Å². The van der Waals surface area contributed by atoms with E-state index in [1.807, 2.05) is 42.6 Å². The number of rotatable bonds is 5. The Bertz CT molecular complexity index is 1170. The van der Waals surface area contributed by atoms with Crippen LogP contribution < -0.4 is 5.56 Å². The Kier molecular flexibility index (Phi) is 4.01. The Labute approximate surface area is 148 Å². The third-order valence-electron chi connectivity index (χ3n) is 4.51. The lowest BCUT2D eigenvalue weighted by atomic mass is 10.0. The summed E-state index contributed by atoms with van der Waals surface area (Å²) in [6, 6.07) is 15.3. The van der Waals surface area contributed by atoms with Crippen LogP contribution in [0.4, 0.5) is 0 Å². The van der Waals surface area contributed by atoms with E-state index in [9.17, 15) is 9.59 Å². The number of nitrogens with zero attached hydrogens (tertiary/aromatic N) is 2. The van der Waals surface area contributed by atoms with Gasteiger partial charge in [0.2, 0.25) is 0 Å². The summed E-state index contributed by atoms with van der Waals surface area (Å²) in [5.41, 5.74) is 2.63. The summed E-state index contributed by atoms with van der Waals surface area (Å²) in [6.07, 6.45) is 2.36. The van der Waals surface area contributed by atoms with Crippen molar-refractivity contribution in [1.29, 1.82) is 0 Å². The van der Waals surface area contributed by atoms with E-state index in [-0.39, 0.29) is 18.5 Å². The molecule has 0 saturated carbocycles. The molecule has 0 aliphatic carbocycles. The van der Waals surface area contributed by atoms with E-state index < -0.39 is 5.97 Å². The molecule has 6 heteroatoms. The van der Waals surface area contributed by atoms with Crippen molar-refractivity contribution in [3.63, 3.8) is 0 Å².